The highest BCUT2D eigenvalue weighted by Gasteiger charge is 2.16. The second-order valence-electron chi connectivity index (χ2n) is 4.65. The van der Waals surface area contributed by atoms with Gasteiger partial charge >= 0.3 is 0 Å². The standard InChI is InChI=1S/C14H21NO3S/c15-13-3-1-2-4-14(13)18-9-11(16)10-19-12-5-7-17-8-6-12/h1-4,11-12,16H,5-10,15H2. The van der Waals surface area contributed by atoms with Crippen LogP contribution in [0.4, 0.5) is 5.69 Å². The van der Waals surface area contributed by atoms with E-state index in [0.29, 0.717) is 22.4 Å². The van der Waals surface area contributed by atoms with Crippen LogP contribution in [0.15, 0.2) is 24.3 Å². The Morgan fingerprint density at radius 3 is 2.84 bits per heavy atom. The van der Waals surface area contributed by atoms with Gasteiger partial charge in [0.2, 0.25) is 0 Å². The van der Waals surface area contributed by atoms with Crippen LogP contribution in [0.3, 0.4) is 0 Å². The fourth-order valence-electron chi connectivity index (χ4n) is 1.94. The molecule has 3 N–H and O–H groups in total. The van der Waals surface area contributed by atoms with Crippen LogP contribution < -0.4 is 10.5 Å². The largest absolute Gasteiger partial charge is 0.489 e. The van der Waals surface area contributed by atoms with E-state index < -0.39 is 6.10 Å². The molecule has 0 aromatic heterocycles. The molecule has 0 aliphatic carbocycles. The minimum absolute atomic E-state index is 0.282. The maximum atomic E-state index is 9.91. The Labute approximate surface area is 118 Å². The molecule has 1 fully saturated rings. The van der Waals surface area contributed by atoms with E-state index in [1.807, 2.05) is 18.2 Å². The van der Waals surface area contributed by atoms with Crippen molar-refractivity contribution in [2.24, 2.45) is 0 Å². The van der Waals surface area contributed by atoms with Gasteiger partial charge in [-0.05, 0) is 25.0 Å². The normalized spacial score (nSPS) is 18.2. The molecule has 106 valence electrons. The predicted octanol–water partition coefficient (Wildman–Crippen LogP) is 1.92. The number of hydrogen-bond donors (Lipinski definition) is 2. The van der Waals surface area contributed by atoms with Crippen molar-refractivity contribution in [3.05, 3.63) is 24.3 Å². The van der Waals surface area contributed by atoms with E-state index >= 15 is 0 Å². The van der Waals surface area contributed by atoms with E-state index in [-0.39, 0.29) is 6.61 Å². The minimum Gasteiger partial charge on any atom is -0.489 e. The number of hydrogen-bond acceptors (Lipinski definition) is 5. The van der Waals surface area contributed by atoms with E-state index in [0.717, 1.165) is 26.1 Å². The van der Waals surface area contributed by atoms with Crippen molar-refractivity contribution < 1.29 is 14.6 Å². The molecule has 4 nitrogen and oxygen atoms in total. The molecule has 0 bridgehead atoms. The highest BCUT2D eigenvalue weighted by Crippen LogP contribution is 2.23. The van der Waals surface area contributed by atoms with Crippen LogP contribution in [0.5, 0.6) is 5.75 Å². The number of anilines is 1. The molecular formula is C14H21NO3S. The lowest BCUT2D eigenvalue weighted by Crippen LogP contribution is -2.24. The van der Waals surface area contributed by atoms with Crippen molar-refractivity contribution in [3.8, 4) is 5.75 Å². The molecule has 1 aliphatic heterocycles. The van der Waals surface area contributed by atoms with Gasteiger partial charge in [0.25, 0.3) is 0 Å². The quantitative estimate of drug-likeness (QED) is 0.781. The number of para-hydroxylation sites is 2. The number of benzene rings is 1. The van der Waals surface area contributed by atoms with E-state index in [1.165, 1.54) is 0 Å². The van der Waals surface area contributed by atoms with Crippen molar-refractivity contribution in [3.63, 3.8) is 0 Å². The first-order valence-corrected chi connectivity index (χ1v) is 7.65. The summed E-state index contributed by atoms with van der Waals surface area (Å²) < 4.78 is 10.8. The van der Waals surface area contributed by atoms with Gasteiger partial charge in [-0.25, -0.2) is 0 Å². The molecule has 0 spiro atoms. The Balaban J connectivity index is 1.66. The second-order valence-corrected chi connectivity index (χ2v) is 5.98. The van der Waals surface area contributed by atoms with Crippen LogP contribution >= 0.6 is 11.8 Å². The van der Waals surface area contributed by atoms with Gasteiger partial charge in [0.15, 0.2) is 0 Å². The Hall–Kier alpha value is -0.910. The summed E-state index contributed by atoms with van der Waals surface area (Å²) in [6, 6.07) is 7.33. The number of rotatable bonds is 6. The maximum Gasteiger partial charge on any atom is 0.142 e. The van der Waals surface area contributed by atoms with Gasteiger partial charge < -0.3 is 20.3 Å². The van der Waals surface area contributed by atoms with E-state index in [1.54, 1.807) is 17.8 Å². The molecule has 0 saturated carbocycles. The van der Waals surface area contributed by atoms with Crippen molar-refractivity contribution in [2.75, 3.05) is 31.3 Å². The minimum atomic E-state index is -0.465. The molecule has 2 rings (SSSR count). The predicted molar refractivity (Wildman–Crippen MR) is 78.7 cm³/mol. The summed E-state index contributed by atoms with van der Waals surface area (Å²) in [5.74, 6) is 1.33. The zero-order valence-electron chi connectivity index (χ0n) is 11.0. The molecule has 1 unspecified atom stereocenters. The average Bonchev–Trinajstić information content (AvgIpc) is 2.45. The number of ether oxygens (including phenoxy) is 2. The summed E-state index contributed by atoms with van der Waals surface area (Å²) >= 11 is 1.80. The number of thioether (sulfide) groups is 1. The van der Waals surface area contributed by atoms with Crippen molar-refractivity contribution in [1.82, 2.24) is 0 Å². The fraction of sp³-hybridized carbons (Fsp3) is 0.571. The van der Waals surface area contributed by atoms with E-state index in [2.05, 4.69) is 0 Å². The molecule has 1 aromatic rings. The monoisotopic (exact) mass is 283 g/mol. The first-order chi connectivity index (χ1) is 9.25. The van der Waals surface area contributed by atoms with Crippen molar-refractivity contribution in [1.29, 1.82) is 0 Å². The lowest BCUT2D eigenvalue weighted by atomic mass is 10.2. The Morgan fingerprint density at radius 2 is 2.11 bits per heavy atom. The maximum absolute atomic E-state index is 9.91. The number of nitrogen functional groups attached to an aromatic ring is 1. The number of aliphatic hydroxyl groups is 1. The van der Waals surface area contributed by atoms with Crippen LogP contribution in [-0.4, -0.2) is 42.0 Å². The first-order valence-electron chi connectivity index (χ1n) is 6.60. The molecule has 19 heavy (non-hydrogen) atoms. The molecule has 1 aromatic carbocycles. The number of aliphatic hydroxyl groups excluding tert-OH is 1. The fourth-order valence-corrected chi connectivity index (χ4v) is 3.05. The molecule has 1 heterocycles. The molecule has 1 saturated heterocycles. The summed E-state index contributed by atoms with van der Waals surface area (Å²) in [5.41, 5.74) is 6.38. The highest BCUT2D eigenvalue weighted by molar-refractivity contribution is 7.99. The third kappa shape index (κ3) is 4.93. The zero-order chi connectivity index (χ0) is 13.5. The van der Waals surface area contributed by atoms with Crippen molar-refractivity contribution in [2.45, 2.75) is 24.2 Å². The third-order valence-corrected chi connectivity index (χ3v) is 4.56. The Bertz CT molecular complexity index is 383. The molecular weight excluding hydrogens is 262 g/mol. The topological polar surface area (TPSA) is 64.7 Å². The highest BCUT2D eigenvalue weighted by atomic mass is 32.2. The smallest absolute Gasteiger partial charge is 0.142 e. The molecule has 0 radical (unpaired) electrons. The van der Waals surface area contributed by atoms with E-state index in [9.17, 15) is 5.11 Å². The van der Waals surface area contributed by atoms with Gasteiger partial charge in [-0.3, -0.25) is 0 Å². The third-order valence-electron chi connectivity index (χ3n) is 3.04. The Kier molecular flexibility index (Phi) is 5.82. The van der Waals surface area contributed by atoms with Gasteiger partial charge in [-0.1, -0.05) is 12.1 Å². The van der Waals surface area contributed by atoms with Crippen LogP contribution in [0.2, 0.25) is 0 Å². The van der Waals surface area contributed by atoms with Crippen LogP contribution in [0.25, 0.3) is 0 Å². The Morgan fingerprint density at radius 1 is 1.37 bits per heavy atom. The van der Waals surface area contributed by atoms with Gasteiger partial charge in [-0.2, -0.15) is 11.8 Å². The van der Waals surface area contributed by atoms with Crippen LogP contribution in [0.1, 0.15) is 12.8 Å². The SMILES string of the molecule is Nc1ccccc1OCC(O)CSC1CCOCC1. The average molecular weight is 283 g/mol. The van der Waals surface area contributed by atoms with E-state index in [4.69, 9.17) is 15.2 Å². The summed E-state index contributed by atoms with van der Waals surface area (Å²) in [6.45, 7) is 1.96. The summed E-state index contributed by atoms with van der Waals surface area (Å²) in [7, 11) is 0. The summed E-state index contributed by atoms with van der Waals surface area (Å²) in [4.78, 5) is 0. The summed E-state index contributed by atoms with van der Waals surface area (Å²) in [6.07, 6.45) is 1.68. The first kappa shape index (κ1) is 14.5. The zero-order valence-corrected chi connectivity index (χ0v) is 11.8. The molecule has 1 aliphatic rings. The van der Waals surface area contributed by atoms with Gasteiger partial charge in [0.05, 0.1) is 11.8 Å². The lowest BCUT2D eigenvalue weighted by Gasteiger charge is -2.22. The van der Waals surface area contributed by atoms with Gasteiger partial charge in [0, 0.05) is 24.2 Å². The van der Waals surface area contributed by atoms with Crippen LogP contribution in [-0.2, 0) is 4.74 Å². The molecule has 5 heteroatoms. The van der Waals surface area contributed by atoms with Crippen LogP contribution in [0, 0.1) is 0 Å². The second kappa shape index (κ2) is 7.62. The van der Waals surface area contributed by atoms with Gasteiger partial charge in [-0.15, -0.1) is 0 Å². The molecule has 0 amide bonds. The summed E-state index contributed by atoms with van der Waals surface area (Å²) in [5, 5.41) is 10.5. The van der Waals surface area contributed by atoms with Crippen molar-refractivity contribution >= 4 is 17.4 Å². The van der Waals surface area contributed by atoms with Gasteiger partial charge in [0.1, 0.15) is 12.4 Å². The lowest BCUT2D eigenvalue weighted by molar-refractivity contribution is 0.0993. The number of nitrogens with two attached hydrogens (primary N) is 1. The molecule has 1 atom stereocenters.